The highest BCUT2D eigenvalue weighted by Gasteiger charge is 2.20. The number of fused-ring (bicyclic) bond motifs is 1. The van der Waals surface area contributed by atoms with Gasteiger partial charge in [0.2, 0.25) is 0 Å². The molecule has 0 saturated heterocycles. The maximum Gasteiger partial charge on any atom is 0.154 e. The first-order chi connectivity index (χ1) is 15.0. The quantitative estimate of drug-likeness (QED) is 0.501. The molecule has 0 radical (unpaired) electrons. The summed E-state index contributed by atoms with van der Waals surface area (Å²) in [6, 6.07) is 14.4. The minimum atomic E-state index is 0.108. The molecule has 0 spiro atoms. The number of rotatable bonds is 6. The average Bonchev–Trinajstić information content (AvgIpc) is 2.75. The van der Waals surface area contributed by atoms with E-state index in [1.54, 1.807) is 0 Å². The molecule has 31 heavy (non-hydrogen) atoms. The number of nitrogens with zero attached hydrogens (tertiary/aromatic N) is 2. The number of anilines is 1. The van der Waals surface area contributed by atoms with Gasteiger partial charge in [0.1, 0.15) is 11.6 Å². The molecule has 1 aliphatic carbocycles. The lowest BCUT2D eigenvalue weighted by Gasteiger charge is -2.27. The van der Waals surface area contributed by atoms with Crippen LogP contribution in [0, 0.1) is 0 Å². The monoisotopic (exact) mass is 436 g/mol. The largest absolute Gasteiger partial charge is 0.491 e. The van der Waals surface area contributed by atoms with Crippen LogP contribution in [0.25, 0.3) is 23.1 Å². The van der Waals surface area contributed by atoms with Gasteiger partial charge in [-0.1, -0.05) is 29.8 Å². The highest BCUT2D eigenvalue weighted by atomic mass is 35.5. The lowest BCUT2D eigenvalue weighted by atomic mass is 9.92. The number of hydrogen-bond acceptors (Lipinski definition) is 5. The molecule has 0 atom stereocenters. The number of hydrogen-bond donors (Lipinski definition) is 2. The summed E-state index contributed by atoms with van der Waals surface area (Å²) in [5, 5.41) is 5.35. The topological polar surface area (TPSA) is 73.1 Å². The molecule has 3 N–H and O–H groups in total. The summed E-state index contributed by atoms with van der Waals surface area (Å²) in [5.41, 5.74) is 8.02. The smallest absolute Gasteiger partial charge is 0.154 e. The van der Waals surface area contributed by atoms with Crippen LogP contribution in [0.3, 0.4) is 0 Å². The molecule has 1 fully saturated rings. The van der Waals surface area contributed by atoms with Crippen molar-refractivity contribution in [3.05, 3.63) is 58.9 Å². The van der Waals surface area contributed by atoms with Crippen molar-refractivity contribution in [3.8, 4) is 5.75 Å². The molecule has 1 saturated carbocycles. The summed E-state index contributed by atoms with van der Waals surface area (Å²) in [4.78, 5) is 9.60. The molecule has 0 unspecified atom stereocenters. The first-order valence-electron chi connectivity index (χ1n) is 10.9. The Balaban J connectivity index is 1.67. The van der Waals surface area contributed by atoms with Crippen LogP contribution in [0.4, 0.5) is 5.82 Å². The van der Waals surface area contributed by atoms with E-state index in [1.165, 1.54) is 0 Å². The summed E-state index contributed by atoms with van der Waals surface area (Å²) >= 11 is 5.99. The zero-order valence-electron chi connectivity index (χ0n) is 18.0. The van der Waals surface area contributed by atoms with Crippen molar-refractivity contribution in [2.75, 3.05) is 5.32 Å². The Morgan fingerprint density at radius 3 is 2.48 bits per heavy atom. The molecular formula is C25H29ClN4O. The second-order valence-electron chi connectivity index (χ2n) is 8.42. The van der Waals surface area contributed by atoms with Gasteiger partial charge in [0.15, 0.2) is 5.82 Å². The van der Waals surface area contributed by atoms with Gasteiger partial charge >= 0.3 is 0 Å². The molecule has 1 aliphatic rings. The number of benzene rings is 2. The summed E-state index contributed by atoms with van der Waals surface area (Å²) in [7, 11) is 0. The van der Waals surface area contributed by atoms with Gasteiger partial charge in [0, 0.05) is 22.5 Å². The third kappa shape index (κ3) is 5.75. The number of halogens is 1. The second-order valence-corrected chi connectivity index (χ2v) is 8.85. The Morgan fingerprint density at radius 1 is 1.03 bits per heavy atom. The Bertz CT molecular complexity index is 1060. The van der Waals surface area contributed by atoms with E-state index in [1.807, 2.05) is 68.5 Å². The highest BCUT2D eigenvalue weighted by Crippen LogP contribution is 2.29. The maximum absolute atomic E-state index is 6.09. The number of ether oxygens (including phenoxy) is 1. The van der Waals surface area contributed by atoms with Crippen molar-refractivity contribution in [2.24, 2.45) is 5.73 Å². The minimum Gasteiger partial charge on any atom is -0.491 e. The van der Waals surface area contributed by atoms with E-state index in [4.69, 9.17) is 32.0 Å². The molecule has 0 aliphatic heterocycles. The Hall–Kier alpha value is -2.63. The highest BCUT2D eigenvalue weighted by molar-refractivity contribution is 6.30. The Kier molecular flexibility index (Phi) is 6.73. The normalized spacial score (nSPS) is 19.3. The molecule has 6 heteroatoms. The Morgan fingerprint density at radius 2 is 1.77 bits per heavy atom. The van der Waals surface area contributed by atoms with E-state index >= 15 is 0 Å². The van der Waals surface area contributed by atoms with Gasteiger partial charge in [-0.05, 0) is 81.5 Å². The van der Waals surface area contributed by atoms with E-state index in [0.29, 0.717) is 17.9 Å². The standard InChI is InChI=1S/C25H29ClN4O/c1-16(2)31-21-12-13-23-22(15-21)25(28-20-10-8-19(27)9-11-20)30-24(29-23)14-5-17-3-6-18(26)7-4-17/h3-7,12-16,19-20H,8-11,27H2,1-2H3,(H,28,29,30)/b14-5+. The average molecular weight is 437 g/mol. The van der Waals surface area contributed by atoms with Gasteiger partial charge in [0.05, 0.1) is 11.6 Å². The van der Waals surface area contributed by atoms with E-state index in [9.17, 15) is 0 Å². The molecule has 3 aromatic rings. The lowest BCUT2D eigenvalue weighted by molar-refractivity contribution is 0.243. The van der Waals surface area contributed by atoms with Gasteiger partial charge in [-0.3, -0.25) is 0 Å². The fourth-order valence-corrected chi connectivity index (χ4v) is 3.98. The van der Waals surface area contributed by atoms with Crippen LogP contribution >= 0.6 is 11.6 Å². The van der Waals surface area contributed by atoms with Crippen molar-refractivity contribution in [1.82, 2.24) is 9.97 Å². The number of nitrogens with one attached hydrogen (secondary N) is 1. The predicted molar refractivity (Wildman–Crippen MR) is 130 cm³/mol. The van der Waals surface area contributed by atoms with Crippen molar-refractivity contribution in [3.63, 3.8) is 0 Å². The molecule has 0 bridgehead atoms. The predicted octanol–water partition coefficient (Wildman–Crippen LogP) is 5.92. The summed E-state index contributed by atoms with van der Waals surface area (Å²) in [5.74, 6) is 2.33. The fourth-order valence-electron chi connectivity index (χ4n) is 3.86. The number of aromatic nitrogens is 2. The zero-order chi connectivity index (χ0) is 21.8. The van der Waals surface area contributed by atoms with E-state index in [2.05, 4.69) is 5.32 Å². The van der Waals surface area contributed by atoms with Crippen LogP contribution < -0.4 is 15.8 Å². The second kappa shape index (κ2) is 9.67. The molecule has 0 amide bonds. The maximum atomic E-state index is 6.09. The van der Waals surface area contributed by atoms with Crippen LogP contribution in [-0.2, 0) is 0 Å². The third-order valence-corrected chi connectivity index (χ3v) is 5.72. The molecule has 162 valence electrons. The first-order valence-corrected chi connectivity index (χ1v) is 11.3. The SMILES string of the molecule is CC(C)Oc1ccc2nc(/C=C/c3ccc(Cl)cc3)nc(NC3CCC(N)CC3)c2c1. The fraction of sp³-hybridized carbons (Fsp3) is 0.360. The molecule has 1 aromatic heterocycles. The summed E-state index contributed by atoms with van der Waals surface area (Å²) in [6.45, 7) is 4.05. The molecule has 2 aromatic carbocycles. The van der Waals surface area contributed by atoms with E-state index < -0.39 is 0 Å². The van der Waals surface area contributed by atoms with Crippen LogP contribution in [0.1, 0.15) is 50.9 Å². The van der Waals surface area contributed by atoms with Crippen LogP contribution in [0.5, 0.6) is 5.75 Å². The molecular weight excluding hydrogens is 408 g/mol. The lowest BCUT2D eigenvalue weighted by Crippen LogP contribution is -2.33. The van der Waals surface area contributed by atoms with Crippen molar-refractivity contribution in [2.45, 2.75) is 57.7 Å². The van der Waals surface area contributed by atoms with Gasteiger partial charge in [-0.2, -0.15) is 0 Å². The van der Waals surface area contributed by atoms with Gasteiger partial charge in [-0.15, -0.1) is 0 Å². The van der Waals surface area contributed by atoms with Gasteiger partial charge in [-0.25, -0.2) is 9.97 Å². The van der Waals surface area contributed by atoms with Crippen molar-refractivity contribution in [1.29, 1.82) is 0 Å². The van der Waals surface area contributed by atoms with Gasteiger partial charge in [0.25, 0.3) is 0 Å². The van der Waals surface area contributed by atoms with Crippen molar-refractivity contribution >= 4 is 40.5 Å². The zero-order valence-corrected chi connectivity index (χ0v) is 18.8. The first kappa shape index (κ1) is 21.6. The van der Waals surface area contributed by atoms with Crippen LogP contribution in [0.15, 0.2) is 42.5 Å². The Labute approximate surface area is 188 Å². The molecule has 4 rings (SSSR count). The van der Waals surface area contributed by atoms with E-state index in [-0.39, 0.29) is 6.10 Å². The molecule has 1 heterocycles. The van der Waals surface area contributed by atoms with Gasteiger partial charge < -0.3 is 15.8 Å². The number of nitrogens with two attached hydrogens (primary N) is 1. The third-order valence-electron chi connectivity index (χ3n) is 5.46. The van der Waals surface area contributed by atoms with E-state index in [0.717, 1.165) is 58.7 Å². The minimum absolute atomic E-state index is 0.108. The van der Waals surface area contributed by atoms with Crippen LogP contribution in [0.2, 0.25) is 5.02 Å². The molecule has 5 nitrogen and oxygen atoms in total. The van der Waals surface area contributed by atoms with Crippen LogP contribution in [-0.4, -0.2) is 28.2 Å². The summed E-state index contributed by atoms with van der Waals surface area (Å²) < 4.78 is 5.90. The summed E-state index contributed by atoms with van der Waals surface area (Å²) in [6.07, 6.45) is 8.20. The van der Waals surface area contributed by atoms with Crippen molar-refractivity contribution < 1.29 is 4.74 Å².